The molecule has 0 unspecified atom stereocenters. The lowest BCUT2D eigenvalue weighted by atomic mass is 9.87. The molecule has 0 bridgehead atoms. The van der Waals surface area contributed by atoms with Crippen molar-refractivity contribution in [2.24, 2.45) is 0 Å². The van der Waals surface area contributed by atoms with Gasteiger partial charge in [0.25, 0.3) is 5.78 Å². The number of nitrogens with one attached hydrogen (secondary N) is 1. The summed E-state index contributed by atoms with van der Waals surface area (Å²) in [4.78, 5) is 78.1. The molecule has 3 rings (SSSR count). The number of aromatic amines is 1. The van der Waals surface area contributed by atoms with Gasteiger partial charge in [-0.25, -0.2) is 19.4 Å². The number of methoxy groups -OCH3 is 3. The predicted octanol–water partition coefficient (Wildman–Crippen LogP) is 0.724. The third-order valence-electron chi connectivity index (χ3n) is 4.26. The Bertz CT molecular complexity index is 1180. The summed E-state index contributed by atoms with van der Waals surface area (Å²) in [5.41, 5.74) is -4.69. The summed E-state index contributed by atoms with van der Waals surface area (Å²) in [6, 6.07) is 0.938. The number of hydrogen-bond donors (Lipinski definition) is 1. The minimum atomic E-state index is -1.36. The Balaban J connectivity index is 2.49. The van der Waals surface area contributed by atoms with Gasteiger partial charge in [0.1, 0.15) is 17.0 Å². The van der Waals surface area contributed by atoms with Crippen LogP contribution in [-0.4, -0.2) is 65.7 Å². The highest BCUT2D eigenvalue weighted by atomic mass is 16.6. The molecule has 1 N–H and O–H groups in total. The van der Waals surface area contributed by atoms with Gasteiger partial charge in [-0.1, -0.05) is 0 Å². The Labute approximate surface area is 166 Å². The number of carbonyl (C=O) groups is 5. The van der Waals surface area contributed by atoms with Crippen LogP contribution in [-0.2, 0) is 14.2 Å². The number of carbonyl (C=O) groups excluding carboxylic acids is 5. The number of rotatable bonds is 4. The van der Waals surface area contributed by atoms with Gasteiger partial charge in [-0.05, 0) is 6.07 Å². The van der Waals surface area contributed by atoms with E-state index in [0.29, 0.717) is 0 Å². The molecule has 1 aliphatic carbocycles. The number of ketones is 2. The monoisotopic (exact) mass is 417 g/mol. The molecular weight excluding hydrogens is 406 g/mol. The SMILES string of the molecule is COC(=O)c1cc(C(=O)OC)c2c(n1)C(=O)C(=O)c1c-2[nH]c(C(=O)OC)c1[N+](=O)[O-]. The molecule has 2 aromatic heterocycles. The maximum atomic E-state index is 12.7. The second-order valence-electron chi connectivity index (χ2n) is 5.77. The third kappa shape index (κ3) is 2.80. The summed E-state index contributed by atoms with van der Waals surface area (Å²) in [5, 5.41) is 11.5. The largest absolute Gasteiger partial charge is 0.465 e. The number of H-pyrrole nitrogens is 1. The van der Waals surface area contributed by atoms with E-state index in [1.165, 1.54) is 0 Å². The first-order chi connectivity index (χ1) is 14.2. The van der Waals surface area contributed by atoms with Gasteiger partial charge in [-0.3, -0.25) is 19.7 Å². The van der Waals surface area contributed by atoms with Crippen LogP contribution in [0.4, 0.5) is 5.69 Å². The van der Waals surface area contributed by atoms with Gasteiger partial charge in [0.2, 0.25) is 11.5 Å². The first kappa shape index (κ1) is 20.3. The molecule has 1 aliphatic rings. The van der Waals surface area contributed by atoms with Crippen molar-refractivity contribution in [1.82, 2.24) is 9.97 Å². The Morgan fingerprint density at radius 3 is 2.10 bits per heavy atom. The first-order valence-corrected chi connectivity index (χ1v) is 7.97. The number of aromatic nitrogens is 2. The first-order valence-electron chi connectivity index (χ1n) is 7.97. The maximum Gasteiger partial charge on any atom is 0.361 e. The van der Waals surface area contributed by atoms with Crippen LogP contribution in [0, 0.1) is 10.1 Å². The van der Waals surface area contributed by atoms with E-state index >= 15 is 0 Å². The van der Waals surface area contributed by atoms with E-state index in [9.17, 15) is 34.1 Å². The summed E-state index contributed by atoms with van der Waals surface area (Å²) < 4.78 is 13.6. The van der Waals surface area contributed by atoms with E-state index in [2.05, 4.69) is 24.2 Å². The lowest BCUT2D eigenvalue weighted by Crippen LogP contribution is -2.26. The van der Waals surface area contributed by atoms with E-state index < -0.39 is 68.3 Å². The van der Waals surface area contributed by atoms with Gasteiger partial charge < -0.3 is 19.2 Å². The third-order valence-corrected chi connectivity index (χ3v) is 4.26. The molecule has 0 atom stereocenters. The van der Waals surface area contributed by atoms with E-state index in [4.69, 9.17) is 0 Å². The number of ether oxygens (including phenoxy) is 3. The Kier molecular flexibility index (Phi) is 4.87. The number of hydrogen-bond acceptors (Lipinski definition) is 11. The Morgan fingerprint density at radius 1 is 0.967 bits per heavy atom. The highest BCUT2D eigenvalue weighted by Crippen LogP contribution is 2.41. The number of Topliss-reactive ketones (excluding diaryl/α,β-unsaturated/α-hetero) is 2. The summed E-state index contributed by atoms with van der Waals surface area (Å²) in [6.45, 7) is 0. The fraction of sp³-hybridized carbons (Fsp3) is 0.176. The summed E-state index contributed by atoms with van der Waals surface area (Å²) in [5.74, 6) is -5.92. The fourth-order valence-electron chi connectivity index (χ4n) is 2.99. The van der Waals surface area contributed by atoms with Crippen LogP contribution in [0.5, 0.6) is 0 Å². The number of esters is 3. The maximum absolute atomic E-state index is 12.7. The molecule has 0 aromatic carbocycles. The quantitative estimate of drug-likeness (QED) is 0.243. The molecule has 0 fully saturated rings. The molecule has 0 spiro atoms. The molecule has 2 heterocycles. The summed E-state index contributed by atoms with van der Waals surface area (Å²) >= 11 is 0. The van der Waals surface area contributed by atoms with E-state index in [1.807, 2.05) is 0 Å². The van der Waals surface area contributed by atoms with Gasteiger partial charge in [-0.15, -0.1) is 0 Å². The molecular formula is C17H11N3O10. The van der Waals surface area contributed by atoms with Gasteiger partial charge in [0, 0.05) is 5.56 Å². The molecule has 154 valence electrons. The molecule has 0 amide bonds. The van der Waals surface area contributed by atoms with Crippen LogP contribution < -0.4 is 0 Å². The normalized spacial score (nSPS) is 12.0. The van der Waals surface area contributed by atoms with Crippen molar-refractivity contribution in [3.8, 4) is 11.3 Å². The molecule has 13 nitrogen and oxygen atoms in total. The van der Waals surface area contributed by atoms with Crippen molar-refractivity contribution in [2.45, 2.75) is 0 Å². The van der Waals surface area contributed by atoms with E-state index in [-0.39, 0.29) is 11.3 Å². The standard InChI is InChI=1S/C17H11N3O10/c1-28-15(23)5-4-6(16(24)29-2)18-10-7(5)9-8(13(21)14(10)22)12(20(26)27)11(19-9)17(25)30-3/h4,19H,1-3H3. The van der Waals surface area contributed by atoms with Gasteiger partial charge in [-0.2, -0.15) is 0 Å². The lowest BCUT2D eigenvalue weighted by Gasteiger charge is -2.17. The molecule has 30 heavy (non-hydrogen) atoms. The van der Waals surface area contributed by atoms with Crippen molar-refractivity contribution in [3.63, 3.8) is 0 Å². The van der Waals surface area contributed by atoms with Gasteiger partial charge in [0.05, 0.1) is 37.5 Å². The molecule has 0 saturated heterocycles. The van der Waals surface area contributed by atoms with Crippen LogP contribution >= 0.6 is 0 Å². The van der Waals surface area contributed by atoms with Crippen LogP contribution in [0.2, 0.25) is 0 Å². The van der Waals surface area contributed by atoms with Crippen molar-refractivity contribution in [2.75, 3.05) is 21.3 Å². The summed E-state index contributed by atoms with van der Waals surface area (Å²) in [6.07, 6.45) is 0. The van der Waals surface area contributed by atoms with E-state index in [1.54, 1.807) is 0 Å². The topological polar surface area (TPSA) is 185 Å². The number of nitro groups is 1. The minimum absolute atomic E-state index is 0.340. The number of nitrogens with zero attached hydrogens (tertiary/aromatic N) is 2. The zero-order chi connectivity index (χ0) is 22.3. The van der Waals surface area contributed by atoms with Crippen molar-refractivity contribution in [1.29, 1.82) is 0 Å². The average Bonchev–Trinajstić information content (AvgIpc) is 3.15. The Morgan fingerprint density at radius 2 is 1.57 bits per heavy atom. The minimum Gasteiger partial charge on any atom is -0.465 e. The molecule has 0 aliphatic heterocycles. The highest BCUT2D eigenvalue weighted by Gasteiger charge is 2.45. The molecule has 13 heteroatoms. The number of pyridine rings is 1. The molecule has 2 aromatic rings. The molecule has 0 radical (unpaired) electrons. The van der Waals surface area contributed by atoms with Crippen molar-refractivity contribution < 1.29 is 43.1 Å². The van der Waals surface area contributed by atoms with Crippen molar-refractivity contribution in [3.05, 3.63) is 44.4 Å². The lowest BCUT2D eigenvalue weighted by molar-refractivity contribution is -0.385. The van der Waals surface area contributed by atoms with Gasteiger partial charge >= 0.3 is 23.6 Å². The number of fused-ring (bicyclic) bond motifs is 3. The summed E-state index contributed by atoms with van der Waals surface area (Å²) in [7, 11) is 3.00. The average molecular weight is 417 g/mol. The van der Waals surface area contributed by atoms with Crippen molar-refractivity contribution >= 4 is 35.2 Å². The zero-order valence-corrected chi connectivity index (χ0v) is 15.6. The molecule has 0 saturated carbocycles. The highest BCUT2D eigenvalue weighted by molar-refractivity contribution is 6.53. The predicted molar refractivity (Wildman–Crippen MR) is 93.4 cm³/mol. The van der Waals surface area contributed by atoms with Crippen LogP contribution in [0.1, 0.15) is 52.2 Å². The van der Waals surface area contributed by atoms with Crippen LogP contribution in [0.15, 0.2) is 6.07 Å². The zero-order valence-electron chi connectivity index (χ0n) is 15.6. The van der Waals surface area contributed by atoms with E-state index in [0.717, 1.165) is 27.4 Å². The fourth-order valence-corrected chi connectivity index (χ4v) is 2.99. The Hall–Kier alpha value is -4.42. The van der Waals surface area contributed by atoms with Crippen LogP contribution in [0.3, 0.4) is 0 Å². The van der Waals surface area contributed by atoms with Crippen LogP contribution in [0.25, 0.3) is 11.3 Å². The second kappa shape index (κ2) is 7.20. The smallest absolute Gasteiger partial charge is 0.361 e. The van der Waals surface area contributed by atoms with Gasteiger partial charge in [0.15, 0.2) is 0 Å². The second-order valence-corrected chi connectivity index (χ2v) is 5.77.